The molecular weight excluding hydrogens is 282 g/mol. The van der Waals surface area contributed by atoms with Gasteiger partial charge >= 0.3 is 0 Å². The molecule has 3 nitrogen and oxygen atoms in total. The molecule has 2 aromatic rings. The second-order valence-electron chi connectivity index (χ2n) is 4.01. The Morgan fingerprint density at radius 2 is 2.11 bits per heavy atom. The number of nitrogens with one attached hydrogen (secondary N) is 1. The highest BCUT2D eigenvalue weighted by molar-refractivity contribution is 7.09. The zero-order chi connectivity index (χ0) is 13.7. The van der Waals surface area contributed by atoms with Gasteiger partial charge in [-0.3, -0.25) is 4.79 Å². The highest BCUT2D eigenvalue weighted by Crippen LogP contribution is 2.16. The van der Waals surface area contributed by atoms with Gasteiger partial charge in [-0.1, -0.05) is 17.7 Å². The molecule has 0 radical (unpaired) electrons. The van der Waals surface area contributed by atoms with E-state index in [9.17, 15) is 4.79 Å². The summed E-state index contributed by atoms with van der Waals surface area (Å²) in [6.07, 6.45) is -0.541. The Kier molecular flexibility index (Phi) is 4.82. The first-order valence-electron chi connectivity index (χ1n) is 5.87. The van der Waals surface area contributed by atoms with Gasteiger partial charge in [-0.05, 0) is 42.6 Å². The smallest absolute Gasteiger partial charge is 0.261 e. The summed E-state index contributed by atoms with van der Waals surface area (Å²) < 4.78 is 5.53. The molecule has 5 heteroatoms. The second-order valence-corrected chi connectivity index (χ2v) is 5.48. The Hall–Kier alpha value is -1.52. The first-order valence-corrected chi connectivity index (χ1v) is 7.13. The van der Waals surface area contributed by atoms with Crippen LogP contribution in [0.2, 0.25) is 5.02 Å². The van der Waals surface area contributed by atoms with E-state index in [0.717, 1.165) is 4.88 Å². The molecule has 0 aliphatic rings. The Labute approximate surface area is 121 Å². The van der Waals surface area contributed by atoms with E-state index in [-0.39, 0.29) is 5.91 Å². The van der Waals surface area contributed by atoms with Crippen LogP contribution in [-0.2, 0) is 11.3 Å². The van der Waals surface area contributed by atoms with Crippen LogP contribution in [0.3, 0.4) is 0 Å². The van der Waals surface area contributed by atoms with Crippen LogP contribution in [0.1, 0.15) is 11.8 Å². The minimum absolute atomic E-state index is 0.136. The average Bonchev–Trinajstić information content (AvgIpc) is 2.91. The molecule has 0 saturated heterocycles. The van der Waals surface area contributed by atoms with Crippen molar-refractivity contribution in [2.24, 2.45) is 0 Å². The molecule has 1 atom stereocenters. The number of benzene rings is 1. The van der Waals surface area contributed by atoms with E-state index in [1.54, 1.807) is 42.5 Å². The zero-order valence-corrected chi connectivity index (χ0v) is 12.0. The lowest BCUT2D eigenvalue weighted by Gasteiger charge is -2.14. The fraction of sp³-hybridized carbons (Fsp3) is 0.214. The van der Waals surface area contributed by atoms with Gasteiger partial charge in [0.2, 0.25) is 0 Å². The first-order chi connectivity index (χ1) is 9.15. The van der Waals surface area contributed by atoms with Gasteiger partial charge in [-0.25, -0.2) is 0 Å². The van der Waals surface area contributed by atoms with Crippen LogP contribution < -0.4 is 10.1 Å². The predicted octanol–water partition coefficient (Wildman–Crippen LogP) is 3.49. The van der Waals surface area contributed by atoms with Gasteiger partial charge in [0.15, 0.2) is 6.10 Å². The van der Waals surface area contributed by atoms with Crippen LogP contribution >= 0.6 is 22.9 Å². The van der Waals surface area contributed by atoms with Crippen LogP contribution in [0.25, 0.3) is 0 Å². The van der Waals surface area contributed by atoms with E-state index in [2.05, 4.69) is 5.32 Å². The van der Waals surface area contributed by atoms with E-state index in [0.29, 0.717) is 17.3 Å². The number of carbonyl (C=O) groups is 1. The van der Waals surface area contributed by atoms with E-state index in [4.69, 9.17) is 16.3 Å². The third-order valence-corrected chi connectivity index (χ3v) is 3.64. The van der Waals surface area contributed by atoms with Crippen molar-refractivity contribution >= 4 is 28.8 Å². The standard InChI is InChI=1S/C14H14ClNO2S/c1-10(18-12-6-4-11(15)5-7-12)14(17)16-9-13-3-2-8-19-13/h2-8,10H,9H2,1H3,(H,16,17). The summed E-state index contributed by atoms with van der Waals surface area (Å²) in [6, 6.07) is 10.9. The van der Waals surface area contributed by atoms with Crippen molar-refractivity contribution in [1.82, 2.24) is 5.32 Å². The first kappa shape index (κ1) is 13.9. The number of amides is 1. The molecule has 1 N–H and O–H groups in total. The van der Waals surface area contributed by atoms with Crippen molar-refractivity contribution in [3.05, 3.63) is 51.7 Å². The Bertz CT molecular complexity index is 525. The molecule has 19 heavy (non-hydrogen) atoms. The average molecular weight is 296 g/mol. The molecular formula is C14H14ClNO2S. The van der Waals surface area contributed by atoms with Crippen LogP contribution in [0, 0.1) is 0 Å². The van der Waals surface area contributed by atoms with Gasteiger partial charge in [0, 0.05) is 9.90 Å². The number of hydrogen-bond donors (Lipinski definition) is 1. The number of hydrogen-bond acceptors (Lipinski definition) is 3. The van der Waals surface area contributed by atoms with E-state index >= 15 is 0 Å². The zero-order valence-electron chi connectivity index (χ0n) is 10.4. The second kappa shape index (κ2) is 6.59. The van der Waals surface area contributed by atoms with Gasteiger partial charge in [-0.15, -0.1) is 11.3 Å². The molecule has 0 fully saturated rings. The van der Waals surface area contributed by atoms with E-state index < -0.39 is 6.10 Å². The molecule has 1 heterocycles. The summed E-state index contributed by atoms with van der Waals surface area (Å²) in [5.74, 6) is 0.492. The van der Waals surface area contributed by atoms with Crippen molar-refractivity contribution in [3.63, 3.8) is 0 Å². The molecule has 100 valence electrons. The molecule has 1 amide bonds. The Balaban J connectivity index is 1.83. The normalized spacial score (nSPS) is 11.9. The van der Waals surface area contributed by atoms with E-state index in [1.807, 2.05) is 17.5 Å². The summed E-state index contributed by atoms with van der Waals surface area (Å²) in [6.45, 7) is 2.25. The molecule has 0 bridgehead atoms. The number of carbonyl (C=O) groups excluding carboxylic acids is 1. The third-order valence-electron chi connectivity index (χ3n) is 2.51. The molecule has 1 unspecified atom stereocenters. The van der Waals surface area contributed by atoms with Gasteiger partial charge in [0.25, 0.3) is 5.91 Å². The van der Waals surface area contributed by atoms with Crippen molar-refractivity contribution in [2.75, 3.05) is 0 Å². The highest BCUT2D eigenvalue weighted by Gasteiger charge is 2.14. The molecule has 1 aromatic carbocycles. The van der Waals surface area contributed by atoms with Crippen LogP contribution in [0.5, 0.6) is 5.75 Å². The number of rotatable bonds is 5. The quantitative estimate of drug-likeness (QED) is 0.917. The third kappa shape index (κ3) is 4.26. The lowest BCUT2D eigenvalue weighted by atomic mass is 10.3. The lowest BCUT2D eigenvalue weighted by Crippen LogP contribution is -2.35. The molecule has 0 aliphatic carbocycles. The maximum absolute atomic E-state index is 11.9. The molecule has 1 aromatic heterocycles. The fourth-order valence-corrected chi connectivity index (χ4v) is 2.27. The van der Waals surface area contributed by atoms with Crippen molar-refractivity contribution in [2.45, 2.75) is 19.6 Å². The van der Waals surface area contributed by atoms with Crippen LogP contribution in [-0.4, -0.2) is 12.0 Å². The van der Waals surface area contributed by atoms with Gasteiger partial charge in [0.05, 0.1) is 6.54 Å². The van der Waals surface area contributed by atoms with Crippen molar-refractivity contribution in [3.8, 4) is 5.75 Å². The van der Waals surface area contributed by atoms with Gasteiger partial charge in [0.1, 0.15) is 5.75 Å². The van der Waals surface area contributed by atoms with Gasteiger partial charge in [-0.2, -0.15) is 0 Å². The topological polar surface area (TPSA) is 38.3 Å². The van der Waals surface area contributed by atoms with Crippen LogP contribution in [0.4, 0.5) is 0 Å². The highest BCUT2D eigenvalue weighted by atomic mass is 35.5. The lowest BCUT2D eigenvalue weighted by molar-refractivity contribution is -0.127. The molecule has 0 aliphatic heterocycles. The van der Waals surface area contributed by atoms with Gasteiger partial charge < -0.3 is 10.1 Å². The Morgan fingerprint density at radius 1 is 1.37 bits per heavy atom. The maximum Gasteiger partial charge on any atom is 0.261 e. The van der Waals surface area contributed by atoms with E-state index in [1.165, 1.54) is 0 Å². The minimum atomic E-state index is -0.541. The fourth-order valence-electron chi connectivity index (χ4n) is 1.50. The summed E-state index contributed by atoms with van der Waals surface area (Å²) in [5, 5.41) is 5.46. The summed E-state index contributed by atoms with van der Waals surface area (Å²) in [4.78, 5) is 13.0. The molecule has 0 spiro atoms. The molecule has 2 rings (SSSR count). The number of halogens is 1. The summed E-state index contributed by atoms with van der Waals surface area (Å²) >= 11 is 7.40. The summed E-state index contributed by atoms with van der Waals surface area (Å²) in [7, 11) is 0. The summed E-state index contributed by atoms with van der Waals surface area (Å²) in [5.41, 5.74) is 0. The number of ether oxygens (including phenoxy) is 1. The minimum Gasteiger partial charge on any atom is -0.481 e. The monoisotopic (exact) mass is 295 g/mol. The van der Waals surface area contributed by atoms with Crippen molar-refractivity contribution in [1.29, 1.82) is 0 Å². The SMILES string of the molecule is CC(Oc1ccc(Cl)cc1)C(=O)NCc1cccs1. The number of thiophene rings is 1. The predicted molar refractivity (Wildman–Crippen MR) is 77.7 cm³/mol. The maximum atomic E-state index is 11.9. The van der Waals surface area contributed by atoms with Crippen LogP contribution in [0.15, 0.2) is 41.8 Å². The Morgan fingerprint density at radius 3 is 2.74 bits per heavy atom. The molecule has 0 saturated carbocycles. The van der Waals surface area contributed by atoms with Crippen molar-refractivity contribution < 1.29 is 9.53 Å². The largest absolute Gasteiger partial charge is 0.481 e.